The van der Waals surface area contributed by atoms with Crippen LogP contribution in [0.2, 0.25) is 0 Å². The van der Waals surface area contributed by atoms with Gasteiger partial charge in [-0.1, -0.05) is 12.1 Å². The summed E-state index contributed by atoms with van der Waals surface area (Å²) in [6.07, 6.45) is 0.407. The Bertz CT molecular complexity index is 1030. The third kappa shape index (κ3) is 4.08. The highest BCUT2D eigenvalue weighted by molar-refractivity contribution is 5.92. The summed E-state index contributed by atoms with van der Waals surface area (Å²) in [5.74, 6) is 0.159. The van der Waals surface area contributed by atoms with E-state index >= 15 is 0 Å². The van der Waals surface area contributed by atoms with Gasteiger partial charge in [-0.2, -0.15) is 0 Å². The number of hydrogen-bond donors (Lipinski definition) is 2. The number of carboxylic acid groups (broad SMARTS) is 1. The number of aromatic carboxylic acids is 1. The minimum Gasteiger partial charge on any atom is -0.488 e. The molecule has 0 aliphatic rings. The van der Waals surface area contributed by atoms with E-state index in [1.807, 2.05) is 45.0 Å². The molecule has 134 valence electrons. The largest absolute Gasteiger partial charge is 0.488 e. The molecule has 0 atom stereocenters. The van der Waals surface area contributed by atoms with Crippen molar-refractivity contribution in [3.63, 3.8) is 0 Å². The van der Waals surface area contributed by atoms with Gasteiger partial charge in [-0.3, -0.25) is 4.79 Å². The molecule has 6 heteroatoms. The first-order valence-electron chi connectivity index (χ1n) is 8.25. The number of nitrogens with one attached hydrogen (secondary N) is 1. The number of rotatable bonds is 4. The van der Waals surface area contributed by atoms with Gasteiger partial charge in [0, 0.05) is 6.42 Å². The number of aromatic nitrogens is 2. The fourth-order valence-electron chi connectivity index (χ4n) is 2.67. The molecule has 6 nitrogen and oxygen atoms in total. The summed E-state index contributed by atoms with van der Waals surface area (Å²) in [5, 5.41) is 9.48. The molecule has 0 spiro atoms. The molecule has 0 saturated carbocycles. The van der Waals surface area contributed by atoms with Crippen molar-refractivity contribution in [3.05, 3.63) is 69.8 Å². The Morgan fingerprint density at radius 2 is 1.96 bits per heavy atom. The maximum Gasteiger partial charge on any atom is 0.335 e. The molecule has 0 unspecified atom stereocenters. The number of benzene rings is 2. The zero-order chi connectivity index (χ0) is 18.9. The minimum absolute atomic E-state index is 0.0992. The fraction of sp³-hybridized carbons (Fsp3) is 0.250. The Hall–Kier alpha value is -3.15. The van der Waals surface area contributed by atoms with Crippen LogP contribution in [0.15, 0.2) is 47.3 Å². The Balaban J connectivity index is 1.95. The number of carbonyl (C=O) groups is 1. The molecule has 2 aromatic carbocycles. The average Bonchev–Trinajstić information content (AvgIpc) is 2.53. The van der Waals surface area contributed by atoms with Gasteiger partial charge in [0.2, 0.25) is 0 Å². The first-order valence-corrected chi connectivity index (χ1v) is 8.25. The lowest BCUT2D eigenvalue weighted by Crippen LogP contribution is -2.23. The van der Waals surface area contributed by atoms with E-state index in [1.54, 1.807) is 0 Å². The fourth-order valence-corrected chi connectivity index (χ4v) is 2.67. The number of hydrogen-bond acceptors (Lipinski definition) is 4. The molecule has 1 aromatic heterocycles. The molecule has 0 fully saturated rings. The molecule has 1 heterocycles. The third-order valence-corrected chi connectivity index (χ3v) is 3.70. The summed E-state index contributed by atoms with van der Waals surface area (Å²) in [6, 6.07) is 11.9. The van der Waals surface area contributed by atoms with Crippen molar-refractivity contribution in [3.8, 4) is 5.75 Å². The number of carboxylic acids is 1. The van der Waals surface area contributed by atoms with Gasteiger partial charge in [0.15, 0.2) is 0 Å². The van der Waals surface area contributed by atoms with Crippen LogP contribution < -0.4 is 10.3 Å². The van der Waals surface area contributed by atoms with E-state index in [0.717, 1.165) is 11.3 Å². The van der Waals surface area contributed by atoms with Gasteiger partial charge >= 0.3 is 5.97 Å². The molecule has 0 radical (unpaired) electrons. The van der Waals surface area contributed by atoms with Crippen molar-refractivity contribution in [2.45, 2.75) is 32.8 Å². The van der Waals surface area contributed by atoms with E-state index in [-0.39, 0.29) is 16.7 Å². The number of fused-ring (bicyclic) bond motifs is 1. The molecule has 3 rings (SSSR count). The van der Waals surface area contributed by atoms with Crippen LogP contribution in [0.4, 0.5) is 0 Å². The van der Waals surface area contributed by atoms with Gasteiger partial charge in [-0.05, 0) is 56.7 Å². The van der Waals surface area contributed by atoms with Crippen molar-refractivity contribution < 1.29 is 14.6 Å². The Labute approximate surface area is 150 Å². The van der Waals surface area contributed by atoms with Crippen molar-refractivity contribution in [2.75, 3.05) is 0 Å². The van der Waals surface area contributed by atoms with Crippen LogP contribution >= 0.6 is 0 Å². The van der Waals surface area contributed by atoms with E-state index in [4.69, 9.17) is 9.84 Å². The van der Waals surface area contributed by atoms with Crippen LogP contribution in [-0.4, -0.2) is 26.6 Å². The van der Waals surface area contributed by atoms with Crippen LogP contribution in [-0.2, 0) is 6.42 Å². The smallest absolute Gasteiger partial charge is 0.335 e. The summed E-state index contributed by atoms with van der Waals surface area (Å²) >= 11 is 0. The molecule has 26 heavy (non-hydrogen) atoms. The van der Waals surface area contributed by atoms with E-state index in [9.17, 15) is 9.59 Å². The molecular weight excluding hydrogens is 332 g/mol. The molecule has 0 saturated heterocycles. The predicted octanol–water partition coefficient (Wildman–Crippen LogP) is 3.39. The molecule has 0 aliphatic heterocycles. The molecule has 0 amide bonds. The van der Waals surface area contributed by atoms with Gasteiger partial charge in [-0.15, -0.1) is 0 Å². The molecule has 0 aliphatic carbocycles. The number of nitrogens with zero attached hydrogens (tertiary/aromatic N) is 1. The zero-order valence-corrected chi connectivity index (χ0v) is 14.9. The van der Waals surface area contributed by atoms with Crippen LogP contribution in [0, 0.1) is 0 Å². The van der Waals surface area contributed by atoms with Crippen molar-refractivity contribution in [2.24, 2.45) is 0 Å². The summed E-state index contributed by atoms with van der Waals surface area (Å²) in [7, 11) is 0. The second kappa shape index (κ2) is 6.63. The summed E-state index contributed by atoms with van der Waals surface area (Å²) in [6.45, 7) is 5.92. The van der Waals surface area contributed by atoms with Gasteiger partial charge in [0.1, 0.15) is 17.2 Å². The zero-order valence-electron chi connectivity index (χ0n) is 14.9. The first kappa shape index (κ1) is 17.7. The lowest BCUT2D eigenvalue weighted by atomic mass is 10.1. The van der Waals surface area contributed by atoms with Crippen LogP contribution in [0.1, 0.15) is 42.5 Å². The molecule has 3 aromatic rings. The van der Waals surface area contributed by atoms with Gasteiger partial charge in [-0.25, -0.2) is 9.78 Å². The summed E-state index contributed by atoms with van der Waals surface area (Å²) < 4.78 is 5.86. The second-order valence-corrected chi connectivity index (χ2v) is 7.09. The van der Waals surface area contributed by atoms with Crippen molar-refractivity contribution >= 4 is 16.9 Å². The average molecular weight is 352 g/mol. The number of H-pyrrole nitrogens is 1. The second-order valence-electron chi connectivity index (χ2n) is 7.09. The summed E-state index contributed by atoms with van der Waals surface area (Å²) in [5.41, 5.74) is 0.807. The lowest BCUT2D eigenvalue weighted by molar-refractivity contribution is 0.0697. The monoisotopic (exact) mass is 352 g/mol. The number of ether oxygens (including phenoxy) is 1. The van der Waals surface area contributed by atoms with E-state index in [1.165, 1.54) is 18.2 Å². The van der Waals surface area contributed by atoms with Gasteiger partial charge in [0.05, 0.1) is 16.5 Å². The first-order chi connectivity index (χ1) is 12.2. The Morgan fingerprint density at radius 1 is 1.19 bits per heavy atom. The van der Waals surface area contributed by atoms with E-state index in [2.05, 4.69) is 9.97 Å². The van der Waals surface area contributed by atoms with Crippen molar-refractivity contribution in [1.82, 2.24) is 9.97 Å². The lowest BCUT2D eigenvalue weighted by Gasteiger charge is -2.21. The maximum absolute atomic E-state index is 12.3. The maximum atomic E-state index is 12.3. The van der Waals surface area contributed by atoms with E-state index < -0.39 is 5.97 Å². The highest BCUT2D eigenvalue weighted by atomic mass is 16.5. The summed E-state index contributed by atoms with van der Waals surface area (Å²) in [4.78, 5) is 30.6. The molecular formula is C20H20N2O4. The highest BCUT2D eigenvalue weighted by Gasteiger charge is 2.13. The molecule has 2 N–H and O–H groups in total. The predicted molar refractivity (Wildman–Crippen MR) is 99.0 cm³/mol. The van der Waals surface area contributed by atoms with Crippen LogP contribution in [0.5, 0.6) is 5.75 Å². The topological polar surface area (TPSA) is 92.3 Å². The Morgan fingerprint density at radius 3 is 2.65 bits per heavy atom. The Kier molecular flexibility index (Phi) is 4.50. The van der Waals surface area contributed by atoms with Crippen LogP contribution in [0.3, 0.4) is 0 Å². The SMILES string of the molecule is CC(C)(C)Oc1cccc(Cc2nc3cc(C(=O)O)ccc3c(=O)[nH]2)c1. The standard InChI is InChI=1S/C20H20N2O4/c1-20(2,3)26-14-6-4-5-12(9-14)10-17-21-16-11-13(19(24)25)7-8-15(16)18(23)22-17/h4-9,11H,10H2,1-3H3,(H,24,25)(H,21,22,23). The third-order valence-electron chi connectivity index (χ3n) is 3.70. The molecule has 0 bridgehead atoms. The number of aromatic amines is 1. The van der Waals surface area contributed by atoms with Gasteiger partial charge in [0.25, 0.3) is 5.56 Å². The quantitative estimate of drug-likeness (QED) is 0.751. The minimum atomic E-state index is -1.05. The van der Waals surface area contributed by atoms with Gasteiger partial charge < -0.3 is 14.8 Å². The normalized spacial score (nSPS) is 11.5. The van der Waals surface area contributed by atoms with E-state index in [0.29, 0.717) is 23.1 Å². The van der Waals surface area contributed by atoms with Crippen LogP contribution in [0.25, 0.3) is 10.9 Å². The highest BCUT2D eigenvalue weighted by Crippen LogP contribution is 2.20. The van der Waals surface area contributed by atoms with Crippen molar-refractivity contribution in [1.29, 1.82) is 0 Å².